The summed E-state index contributed by atoms with van der Waals surface area (Å²) >= 11 is 10.5. The van der Waals surface area contributed by atoms with Crippen LogP contribution in [0.25, 0.3) is 11.4 Å². The Balaban J connectivity index is 1.47. The molecule has 2 aliphatic heterocycles. The summed E-state index contributed by atoms with van der Waals surface area (Å²) in [5.41, 5.74) is 2.82. The van der Waals surface area contributed by atoms with E-state index in [-0.39, 0.29) is 11.8 Å². The number of hydrogen-bond donors (Lipinski definition) is 0. The normalized spacial score (nSPS) is 17.4. The lowest BCUT2D eigenvalue weighted by Gasteiger charge is -2.26. The molecule has 4 atom stereocenters. The number of fused-ring (bicyclic) bond motifs is 1. The minimum atomic E-state index is -0.0182. The first kappa shape index (κ1) is 43.5. The highest BCUT2D eigenvalue weighted by atomic mass is 79.9. The van der Waals surface area contributed by atoms with Crippen molar-refractivity contribution in [1.82, 2.24) is 9.80 Å². The van der Waals surface area contributed by atoms with E-state index in [1.54, 1.807) is 22.7 Å². The smallest absolute Gasteiger partial charge is 0.261 e. The van der Waals surface area contributed by atoms with Crippen molar-refractivity contribution in [1.29, 1.82) is 0 Å². The Labute approximate surface area is 341 Å². The Morgan fingerprint density at radius 3 is 1.08 bits per heavy atom. The van der Waals surface area contributed by atoms with Gasteiger partial charge in [-0.15, -0.1) is 22.7 Å². The molecule has 0 N–H and O–H groups in total. The third-order valence-corrected chi connectivity index (χ3v) is 14.5. The summed E-state index contributed by atoms with van der Waals surface area (Å²) in [5, 5.41) is 0. The number of nitrogens with zero attached hydrogens (tertiary/aromatic N) is 2. The van der Waals surface area contributed by atoms with E-state index in [2.05, 4.69) is 99.4 Å². The molecule has 290 valence electrons. The first-order valence-corrected chi connectivity index (χ1v) is 23.6. The number of hydrogen-bond acceptors (Lipinski definition) is 4. The molecule has 4 rings (SSSR count). The van der Waals surface area contributed by atoms with Crippen LogP contribution in [0.3, 0.4) is 0 Å². The maximum absolute atomic E-state index is 14.6. The van der Waals surface area contributed by atoms with E-state index in [4.69, 9.17) is 0 Å². The van der Waals surface area contributed by atoms with Crippen molar-refractivity contribution in [3.8, 4) is 0 Å². The highest BCUT2D eigenvalue weighted by molar-refractivity contribution is 9.11. The Morgan fingerprint density at radius 1 is 0.481 bits per heavy atom. The molecule has 52 heavy (non-hydrogen) atoms. The van der Waals surface area contributed by atoms with Gasteiger partial charge in [0.05, 0.1) is 39.9 Å². The van der Waals surface area contributed by atoms with Gasteiger partial charge in [0.25, 0.3) is 11.8 Å². The van der Waals surface area contributed by atoms with Crippen LogP contribution < -0.4 is 0 Å². The van der Waals surface area contributed by atoms with Gasteiger partial charge in [-0.05, 0) is 104 Å². The highest BCUT2D eigenvalue weighted by Gasteiger charge is 2.49. The largest absolute Gasteiger partial charge is 0.306 e. The van der Waals surface area contributed by atoms with Gasteiger partial charge < -0.3 is 9.80 Å². The molecule has 2 aliphatic rings. The first-order chi connectivity index (χ1) is 24.8. The molecule has 8 heteroatoms. The molecule has 4 heterocycles. The van der Waals surface area contributed by atoms with E-state index in [1.807, 2.05) is 21.9 Å². The number of thiophene rings is 2. The summed E-state index contributed by atoms with van der Waals surface area (Å²) in [7, 11) is 0. The second-order valence-electron chi connectivity index (χ2n) is 17.1. The molecule has 2 amide bonds. The molecular weight excluding hydrogens is 812 g/mol. The topological polar surface area (TPSA) is 40.6 Å². The third-order valence-electron chi connectivity index (χ3n) is 11.2. The fourth-order valence-electron chi connectivity index (χ4n) is 7.87. The number of halogens is 2. The first-order valence-electron chi connectivity index (χ1n) is 20.4. The number of carbonyl (C=O) groups is 2. The monoisotopic (exact) mass is 876 g/mol. The van der Waals surface area contributed by atoms with E-state index >= 15 is 0 Å². The van der Waals surface area contributed by atoms with Crippen molar-refractivity contribution in [2.75, 3.05) is 13.1 Å². The molecule has 0 aliphatic carbocycles. The van der Waals surface area contributed by atoms with Crippen molar-refractivity contribution in [2.24, 2.45) is 35.5 Å². The van der Waals surface area contributed by atoms with E-state index in [1.165, 1.54) is 77.0 Å². The van der Waals surface area contributed by atoms with Crippen LogP contribution >= 0.6 is 54.5 Å². The summed E-state index contributed by atoms with van der Waals surface area (Å²) in [4.78, 5) is 35.1. The Morgan fingerprint density at radius 2 is 0.788 bits per heavy atom. The van der Waals surface area contributed by atoms with Crippen LogP contribution in [0, 0.1) is 35.5 Å². The minimum absolute atomic E-state index is 0.0182. The molecule has 0 radical (unpaired) electrons. The van der Waals surface area contributed by atoms with Gasteiger partial charge in [-0.3, -0.25) is 9.59 Å². The van der Waals surface area contributed by atoms with E-state index in [9.17, 15) is 9.59 Å². The molecule has 0 saturated heterocycles. The van der Waals surface area contributed by atoms with Gasteiger partial charge in [-0.25, -0.2) is 0 Å². The summed E-state index contributed by atoms with van der Waals surface area (Å²) < 4.78 is 2.01. The lowest BCUT2D eigenvalue weighted by atomic mass is 9.92. The van der Waals surface area contributed by atoms with Crippen molar-refractivity contribution in [3.63, 3.8) is 0 Å². The maximum Gasteiger partial charge on any atom is 0.261 e. The average Bonchev–Trinajstić information content (AvgIpc) is 3.83. The van der Waals surface area contributed by atoms with Crippen molar-refractivity contribution in [2.45, 2.75) is 145 Å². The van der Waals surface area contributed by atoms with E-state index in [0.29, 0.717) is 36.1 Å². The second-order valence-corrected chi connectivity index (χ2v) is 22.0. The maximum atomic E-state index is 14.6. The van der Waals surface area contributed by atoms with Gasteiger partial charge in [0.2, 0.25) is 0 Å². The van der Waals surface area contributed by atoms with Crippen LogP contribution in [-0.2, 0) is 9.59 Å². The molecule has 4 nitrogen and oxygen atoms in total. The Hall–Kier alpha value is -1.22. The molecule has 0 saturated carbocycles. The van der Waals surface area contributed by atoms with Gasteiger partial charge in [-0.2, -0.15) is 0 Å². The zero-order chi connectivity index (χ0) is 37.9. The van der Waals surface area contributed by atoms with Crippen molar-refractivity contribution >= 4 is 77.7 Å². The summed E-state index contributed by atoms with van der Waals surface area (Å²) in [6, 6.07) is 8.19. The van der Waals surface area contributed by atoms with Crippen LogP contribution in [-0.4, -0.2) is 34.7 Å². The van der Waals surface area contributed by atoms with E-state index in [0.717, 1.165) is 65.2 Å². The van der Waals surface area contributed by atoms with Gasteiger partial charge >= 0.3 is 0 Å². The van der Waals surface area contributed by atoms with E-state index < -0.39 is 0 Å². The van der Waals surface area contributed by atoms with Gasteiger partial charge in [0.1, 0.15) is 0 Å². The molecule has 0 aromatic carbocycles. The van der Waals surface area contributed by atoms with Crippen LogP contribution in [0.15, 0.2) is 43.0 Å². The zero-order valence-electron chi connectivity index (χ0n) is 33.4. The van der Waals surface area contributed by atoms with Crippen LogP contribution in [0.1, 0.15) is 155 Å². The van der Waals surface area contributed by atoms with Gasteiger partial charge in [0.15, 0.2) is 0 Å². The van der Waals surface area contributed by atoms with Crippen molar-refractivity contribution < 1.29 is 9.59 Å². The minimum Gasteiger partial charge on any atom is -0.306 e. The highest BCUT2D eigenvalue weighted by Crippen LogP contribution is 2.49. The second kappa shape index (κ2) is 21.2. The molecule has 4 unspecified atom stereocenters. The number of carbonyl (C=O) groups excluding carboxylic acids is 2. The molecule has 2 aromatic rings. The van der Waals surface area contributed by atoms with Crippen molar-refractivity contribution in [3.05, 3.63) is 52.7 Å². The number of rotatable bonds is 24. The lowest BCUT2D eigenvalue weighted by Crippen LogP contribution is -2.31. The quantitative estimate of drug-likeness (QED) is 0.105. The number of amides is 2. The van der Waals surface area contributed by atoms with Gasteiger partial charge in [0, 0.05) is 13.1 Å². The average molecular weight is 879 g/mol. The summed E-state index contributed by atoms with van der Waals surface area (Å²) in [6.45, 7) is 20.0. The van der Waals surface area contributed by atoms with Crippen LogP contribution in [0.5, 0.6) is 0 Å². The SMILES string of the molecule is CC(C)CCCC(C)CCCC(C)CCN1C(=O)C2=C(c3ccc(Br)s3)N(CCC(C)CCCC(C)CCCC(C)C)C(=O)C2=C1c1ccc(Br)s1. The predicted octanol–water partition coefficient (Wildman–Crippen LogP) is 14.5. The summed E-state index contributed by atoms with van der Waals surface area (Å²) in [6.07, 6.45) is 17.2. The molecule has 2 aromatic heterocycles. The van der Waals surface area contributed by atoms with Crippen LogP contribution in [0.4, 0.5) is 0 Å². The third kappa shape index (κ3) is 12.4. The molecule has 0 bridgehead atoms. The standard InChI is InChI=1S/C44H66Br2N2O2S2/c1-29(2)13-9-15-31(5)17-11-19-33(7)25-27-47-41(35-21-23-37(45)51-35)39-40(43(47)49)42(36-22-24-38(46)52-36)48(44(39)50)28-26-34(8)20-12-18-32(6)16-10-14-30(3)4/h21-24,29-34H,9-20,25-28H2,1-8H3. The Bertz CT molecular complexity index is 1410. The Kier molecular flexibility index (Phi) is 17.7. The van der Waals surface area contributed by atoms with Gasteiger partial charge in [-0.1, -0.05) is 132 Å². The predicted molar refractivity (Wildman–Crippen MR) is 232 cm³/mol. The van der Waals surface area contributed by atoms with Crippen LogP contribution in [0.2, 0.25) is 0 Å². The lowest BCUT2D eigenvalue weighted by molar-refractivity contribution is -0.124. The molecule has 0 fully saturated rings. The molecule has 0 spiro atoms. The fourth-order valence-corrected chi connectivity index (χ4v) is 10.8. The zero-order valence-corrected chi connectivity index (χ0v) is 38.2. The summed E-state index contributed by atoms with van der Waals surface area (Å²) in [5.74, 6) is 4.10. The fraction of sp³-hybridized carbons (Fsp3) is 0.682. The molecular formula is C44H66Br2N2O2S2.